The van der Waals surface area contributed by atoms with Crippen LogP contribution in [0.15, 0.2) is 35.1 Å². The number of aromatic nitrogens is 4. The Morgan fingerprint density at radius 2 is 1.39 bits per heavy atom. The average molecular weight is 278 g/mol. The van der Waals surface area contributed by atoms with Gasteiger partial charge >= 0.3 is 0 Å². The molecule has 6 heteroatoms. The van der Waals surface area contributed by atoms with E-state index in [1.54, 1.807) is 35.9 Å². The van der Waals surface area contributed by atoms with Crippen LogP contribution in [0.3, 0.4) is 0 Å². The molecule has 0 saturated heterocycles. The van der Waals surface area contributed by atoms with Gasteiger partial charge in [-0.05, 0) is 0 Å². The molecule has 0 fully saturated rings. The van der Waals surface area contributed by atoms with Crippen LogP contribution in [0, 0.1) is 11.8 Å². The summed E-state index contributed by atoms with van der Waals surface area (Å²) in [7, 11) is 3.97. The fourth-order valence-corrected chi connectivity index (χ4v) is 2.69. The first-order valence-electron chi connectivity index (χ1n) is 5.43. The van der Waals surface area contributed by atoms with Crippen molar-refractivity contribution >= 4 is 23.5 Å². The zero-order chi connectivity index (χ0) is 12.8. The Morgan fingerprint density at radius 3 is 1.72 bits per heavy atom. The highest BCUT2D eigenvalue weighted by atomic mass is 32.2. The summed E-state index contributed by atoms with van der Waals surface area (Å²) < 4.78 is 3.99. The molecule has 0 aliphatic heterocycles. The van der Waals surface area contributed by atoms with E-state index in [9.17, 15) is 0 Å². The summed E-state index contributed by atoms with van der Waals surface area (Å²) in [5, 5.41) is 2.00. The Bertz CT molecular complexity index is 514. The number of hydrogen-bond acceptors (Lipinski definition) is 4. The average Bonchev–Trinajstić information content (AvgIpc) is 2.94. The Hall–Kier alpha value is -1.32. The maximum absolute atomic E-state index is 4.23. The van der Waals surface area contributed by atoms with E-state index in [-0.39, 0.29) is 0 Å². The molecule has 18 heavy (non-hydrogen) atoms. The molecule has 2 aromatic heterocycles. The summed E-state index contributed by atoms with van der Waals surface area (Å²) in [6, 6.07) is 0. The zero-order valence-electron chi connectivity index (χ0n) is 10.3. The van der Waals surface area contributed by atoms with Crippen molar-refractivity contribution in [1.29, 1.82) is 0 Å². The van der Waals surface area contributed by atoms with Crippen molar-refractivity contribution in [2.24, 2.45) is 14.1 Å². The molecule has 0 aromatic carbocycles. The summed E-state index contributed by atoms with van der Waals surface area (Å²) >= 11 is 3.31. The Labute approximate surface area is 115 Å². The Kier molecular flexibility index (Phi) is 4.79. The van der Waals surface area contributed by atoms with Gasteiger partial charge in [-0.1, -0.05) is 35.4 Å². The zero-order valence-corrected chi connectivity index (χ0v) is 12.0. The topological polar surface area (TPSA) is 35.6 Å². The second-order valence-electron chi connectivity index (χ2n) is 3.57. The number of aryl methyl sites for hydroxylation is 2. The fourth-order valence-electron chi connectivity index (χ4n) is 1.29. The number of imidazole rings is 2. The lowest BCUT2D eigenvalue weighted by Gasteiger charge is -1.97. The van der Waals surface area contributed by atoms with Crippen LogP contribution in [0.1, 0.15) is 0 Å². The van der Waals surface area contributed by atoms with Crippen LogP contribution in [-0.2, 0) is 14.1 Å². The van der Waals surface area contributed by atoms with E-state index >= 15 is 0 Å². The summed E-state index contributed by atoms with van der Waals surface area (Å²) in [6.45, 7) is 0. The summed E-state index contributed by atoms with van der Waals surface area (Å²) in [5.41, 5.74) is 0. The molecular formula is C12H14N4S2. The first-order chi connectivity index (χ1) is 8.77. The Morgan fingerprint density at radius 1 is 0.944 bits per heavy atom. The van der Waals surface area contributed by atoms with Crippen LogP contribution >= 0.6 is 23.5 Å². The van der Waals surface area contributed by atoms with Gasteiger partial charge in [0.1, 0.15) is 0 Å². The van der Waals surface area contributed by atoms with E-state index in [2.05, 4.69) is 21.8 Å². The van der Waals surface area contributed by atoms with Crippen molar-refractivity contribution in [3.8, 4) is 11.8 Å². The van der Waals surface area contributed by atoms with Crippen molar-refractivity contribution in [2.45, 2.75) is 10.3 Å². The minimum atomic E-state index is 0.770. The SMILES string of the molecule is Cn1ccnc1SCC#CCSc1nccn1C. The number of rotatable bonds is 4. The fraction of sp³-hybridized carbons (Fsp3) is 0.333. The van der Waals surface area contributed by atoms with Crippen LogP contribution in [0.2, 0.25) is 0 Å². The molecule has 0 atom stereocenters. The predicted molar refractivity (Wildman–Crippen MR) is 75.6 cm³/mol. The molecule has 0 spiro atoms. The third-order valence-electron chi connectivity index (χ3n) is 2.23. The first kappa shape index (κ1) is 13.1. The lowest BCUT2D eigenvalue weighted by Crippen LogP contribution is -1.90. The molecule has 0 radical (unpaired) electrons. The number of hydrogen-bond donors (Lipinski definition) is 0. The third-order valence-corrected chi connectivity index (χ3v) is 4.11. The standard InChI is InChI=1S/C12H14N4S2/c1-15-7-5-13-11(15)17-9-3-4-10-18-12-14-6-8-16(12)2/h5-8H,9-10H2,1-2H3. The minimum absolute atomic E-state index is 0.770. The van der Waals surface area contributed by atoms with Gasteiger partial charge in [0.15, 0.2) is 10.3 Å². The third kappa shape index (κ3) is 3.59. The van der Waals surface area contributed by atoms with Gasteiger partial charge in [-0.15, -0.1) is 0 Å². The van der Waals surface area contributed by atoms with Crippen LogP contribution < -0.4 is 0 Å². The van der Waals surface area contributed by atoms with Gasteiger partial charge in [-0.3, -0.25) is 0 Å². The van der Waals surface area contributed by atoms with Crippen LogP contribution in [0.5, 0.6) is 0 Å². The highest BCUT2D eigenvalue weighted by molar-refractivity contribution is 7.99. The molecule has 0 saturated carbocycles. The molecule has 0 aliphatic carbocycles. The van der Waals surface area contributed by atoms with E-state index in [0.717, 1.165) is 21.8 Å². The highest BCUT2D eigenvalue weighted by Crippen LogP contribution is 2.14. The first-order valence-corrected chi connectivity index (χ1v) is 7.40. The molecule has 0 bridgehead atoms. The molecule has 94 valence electrons. The van der Waals surface area contributed by atoms with E-state index in [4.69, 9.17) is 0 Å². The van der Waals surface area contributed by atoms with Gasteiger partial charge in [-0.25, -0.2) is 9.97 Å². The highest BCUT2D eigenvalue weighted by Gasteiger charge is 1.98. The van der Waals surface area contributed by atoms with Crippen LogP contribution in [0.25, 0.3) is 0 Å². The molecule has 2 heterocycles. The molecule has 4 nitrogen and oxygen atoms in total. The second-order valence-corrected chi connectivity index (χ2v) is 5.46. The van der Waals surface area contributed by atoms with Gasteiger partial charge < -0.3 is 9.13 Å². The van der Waals surface area contributed by atoms with Crippen molar-refractivity contribution in [2.75, 3.05) is 11.5 Å². The van der Waals surface area contributed by atoms with E-state index in [1.807, 2.05) is 35.6 Å². The smallest absolute Gasteiger partial charge is 0.168 e. The quantitative estimate of drug-likeness (QED) is 0.633. The van der Waals surface area contributed by atoms with E-state index in [1.165, 1.54) is 0 Å². The lowest BCUT2D eigenvalue weighted by atomic mass is 10.7. The van der Waals surface area contributed by atoms with Gasteiger partial charge in [0.2, 0.25) is 0 Å². The number of thioether (sulfide) groups is 2. The maximum atomic E-state index is 4.23. The van der Waals surface area contributed by atoms with Crippen LogP contribution in [-0.4, -0.2) is 30.6 Å². The van der Waals surface area contributed by atoms with E-state index < -0.39 is 0 Å². The van der Waals surface area contributed by atoms with Gasteiger partial charge in [0.25, 0.3) is 0 Å². The predicted octanol–water partition coefficient (Wildman–Crippen LogP) is 2.04. The molecule has 0 amide bonds. The largest absolute Gasteiger partial charge is 0.329 e. The van der Waals surface area contributed by atoms with Gasteiger partial charge in [0.05, 0.1) is 11.5 Å². The van der Waals surface area contributed by atoms with Gasteiger partial charge in [-0.2, -0.15) is 0 Å². The summed E-state index contributed by atoms with van der Waals surface area (Å²) in [5.74, 6) is 7.81. The summed E-state index contributed by atoms with van der Waals surface area (Å²) in [6.07, 6.45) is 7.47. The lowest BCUT2D eigenvalue weighted by molar-refractivity contribution is 0.791. The maximum Gasteiger partial charge on any atom is 0.168 e. The molecule has 2 rings (SSSR count). The van der Waals surface area contributed by atoms with Crippen molar-refractivity contribution < 1.29 is 0 Å². The monoisotopic (exact) mass is 278 g/mol. The van der Waals surface area contributed by atoms with E-state index in [0.29, 0.717) is 0 Å². The molecule has 2 aromatic rings. The normalized spacial score (nSPS) is 10.1. The minimum Gasteiger partial charge on any atom is -0.329 e. The van der Waals surface area contributed by atoms with Crippen molar-refractivity contribution in [3.05, 3.63) is 24.8 Å². The van der Waals surface area contributed by atoms with Crippen molar-refractivity contribution in [3.63, 3.8) is 0 Å². The number of nitrogens with zero attached hydrogens (tertiary/aromatic N) is 4. The van der Waals surface area contributed by atoms with Gasteiger partial charge in [0, 0.05) is 38.9 Å². The molecule has 0 aliphatic rings. The van der Waals surface area contributed by atoms with Crippen molar-refractivity contribution in [1.82, 2.24) is 19.1 Å². The molecule has 0 unspecified atom stereocenters. The second kappa shape index (κ2) is 6.57. The van der Waals surface area contributed by atoms with Crippen LogP contribution in [0.4, 0.5) is 0 Å². The molecular weight excluding hydrogens is 264 g/mol. The Balaban J connectivity index is 1.71. The summed E-state index contributed by atoms with van der Waals surface area (Å²) in [4.78, 5) is 8.45. The molecule has 0 N–H and O–H groups in total.